The van der Waals surface area contributed by atoms with E-state index < -0.39 is 0 Å². The molecule has 0 radical (unpaired) electrons. The Labute approximate surface area is 145 Å². The van der Waals surface area contributed by atoms with Gasteiger partial charge in [0.1, 0.15) is 11.6 Å². The molecule has 0 aliphatic carbocycles. The molecule has 1 amide bonds. The molecule has 0 unspecified atom stereocenters. The first-order chi connectivity index (χ1) is 12.2. The van der Waals surface area contributed by atoms with Gasteiger partial charge in [-0.15, -0.1) is 0 Å². The van der Waals surface area contributed by atoms with Gasteiger partial charge in [-0.2, -0.15) is 5.10 Å². The minimum absolute atomic E-state index is 0.0211. The third-order valence-corrected chi connectivity index (χ3v) is 4.44. The van der Waals surface area contributed by atoms with Crippen LogP contribution in [-0.2, 0) is 24.7 Å². The highest BCUT2D eigenvalue weighted by molar-refractivity contribution is 5.90. The molecule has 1 aliphatic rings. The van der Waals surface area contributed by atoms with Crippen LogP contribution in [0, 0.1) is 0 Å². The van der Waals surface area contributed by atoms with Crippen molar-refractivity contribution in [2.24, 2.45) is 7.05 Å². The van der Waals surface area contributed by atoms with Crippen molar-refractivity contribution >= 4 is 22.8 Å². The maximum absolute atomic E-state index is 11.8. The van der Waals surface area contributed by atoms with Crippen molar-refractivity contribution in [2.45, 2.75) is 12.8 Å². The summed E-state index contributed by atoms with van der Waals surface area (Å²) in [6.07, 6.45) is 3.40. The van der Waals surface area contributed by atoms with Gasteiger partial charge in [0.15, 0.2) is 5.65 Å². The van der Waals surface area contributed by atoms with Gasteiger partial charge in [0.25, 0.3) is 0 Å². The van der Waals surface area contributed by atoms with Crippen LogP contribution in [0.15, 0.2) is 36.5 Å². The average molecular weight is 336 g/mol. The van der Waals surface area contributed by atoms with Gasteiger partial charge in [0.05, 0.1) is 18.1 Å². The predicted octanol–water partition coefficient (Wildman–Crippen LogP) is 1.08. The summed E-state index contributed by atoms with van der Waals surface area (Å²) in [5, 5.41) is 8.06. The lowest BCUT2D eigenvalue weighted by Crippen LogP contribution is -2.48. The molecule has 128 valence electrons. The largest absolute Gasteiger partial charge is 0.353 e. The van der Waals surface area contributed by atoms with Crippen LogP contribution >= 0.6 is 0 Å². The lowest BCUT2D eigenvalue weighted by molar-refractivity contribution is -0.120. The van der Waals surface area contributed by atoms with Crippen LogP contribution in [0.3, 0.4) is 0 Å². The summed E-state index contributed by atoms with van der Waals surface area (Å²) in [5.41, 5.74) is 2.06. The number of rotatable bonds is 4. The van der Waals surface area contributed by atoms with Crippen LogP contribution in [-0.4, -0.2) is 45.3 Å². The Balaban J connectivity index is 1.67. The Morgan fingerprint density at radius 3 is 2.80 bits per heavy atom. The number of piperazine rings is 1. The molecule has 1 aliphatic heterocycles. The molecule has 4 rings (SSSR count). The van der Waals surface area contributed by atoms with E-state index in [1.807, 2.05) is 30.1 Å². The molecule has 0 spiro atoms. The van der Waals surface area contributed by atoms with Gasteiger partial charge in [0, 0.05) is 26.6 Å². The number of hydrogen-bond donors (Lipinski definition) is 1. The van der Waals surface area contributed by atoms with Crippen LogP contribution in [0.4, 0.5) is 5.82 Å². The number of carbonyl (C=O) groups is 1. The normalized spacial score (nSPS) is 14.8. The number of anilines is 1. The highest BCUT2D eigenvalue weighted by Gasteiger charge is 2.22. The smallest absolute Gasteiger partial charge is 0.239 e. The van der Waals surface area contributed by atoms with E-state index >= 15 is 0 Å². The van der Waals surface area contributed by atoms with Gasteiger partial charge < -0.3 is 10.2 Å². The number of nitrogens with one attached hydrogen (secondary N) is 1. The molecule has 1 fully saturated rings. The van der Waals surface area contributed by atoms with Crippen molar-refractivity contribution < 1.29 is 4.79 Å². The second-order valence-corrected chi connectivity index (χ2v) is 6.23. The fourth-order valence-corrected chi connectivity index (χ4v) is 3.12. The molecule has 1 aromatic carbocycles. The second-order valence-electron chi connectivity index (χ2n) is 6.23. The Kier molecular flexibility index (Phi) is 4.05. The van der Waals surface area contributed by atoms with Gasteiger partial charge in [-0.3, -0.25) is 9.48 Å². The van der Waals surface area contributed by atoms with Crippen molar-refractivity contribution in [3.05, 3.63) is 47.9 Å². The molecule has 0 saturated carbocycles. The van der Waals surface area contributed by atoms with Gasteiger partial charge in [-0.25, -0.2) is 9.97 Å². The van der Waals surface area contributed by atoms with Crippen LogP contribution in [0.5, 0.6) is 0 Å². The molecular weight excluding hydrogens is 316 g/mol. The average Bonchev–Trinajstić information content (AvgIpc) is 3.01. The Bertz CT molecular complexity index is 905. The lowest BCUT2D eigenvalue weighted by atomic mass is 10.1. The van der Waals surface area contributed by atoms with Gasteiger partial charge in [-0.1, -0.05) is 30.3 Å². The fraction of sp³-hybridized carbons (Fsp3) is 0.333. The molecule has 3 heterocycles. The SMILES string of the molecule is Cn1ncc2c(N3CCNC(=O)C3)nc(CCc3ccccc3)nc21. The third-order valence-electron chi connectivity index (χ3n) is 4.44. The minimum atomic E-state index is 0.0211. The summed E-state index contributed by atoms with van der Waals surface area (Å²) in [7, 11) is 1.88. The first kappa shape index (κ1) is 15.6. The van der Waals surface area contributed by atoms with Crippen molar-refractivity contribution in [1.82, 2.24) is 25.1 Å². The highest BCUT2D eigenvalue weighted by Crippen LogP contribution is 2.24. The monoisotopic (exact) mass is 336 g/mol. The molecule has 7 heteroatoms. The van der Waals surface area contributed by atoms with Crippen LogP contribution < -0.4 is 10.2 Å². The molecule has 1 saturated heterocycles. The van der Waals surface area contributed by atoms with E-state index in [0.717, 1.165) is 42.1 Å². The number of carbonyl (C=O) groups excluding carboxylic acids is 1. The number of aromatic nitrogens is 4. The maximum atomic E-state index is 11.8. The third kappa shape index (κ3) is 3.17. The van der Waals surface area contributed by atoms with E-state index in [0.29, 0.717) is 13.1 Å². The van der Waals surface area contributed by atoms with E-state index in [1.165, 1.54) is 5.56 Å². The standard InChI is InChI=1S/C18H20N6O/c1-23-17-14(11-20-23)18(24-10-9-19-16(25)12-24)22-15(21-17)8-7-13-5-3-2-4-6-13/h2-6,11H,7-10,12H2,1H3,(H,19,25). The summed E-state index contributed by atoms with van der Waals surface area (Å²) >= 11 is 0. The number of amides is 1. The van der Waals surface area contributed by atoms with E-state index in [1.54, 1.807) is 10.9 Å². The number of benzene rings is 1. The van der Waals surface area contributed by atoms with Crippen LogP contribution in [0.1, 0.15) is 11.4 Å². The number of aryl methyl sites for hydroxylation is 3. The van der Waals surface area contributed by atoms with E-state index in [9.17, 15) is 4.79 Å². The second kappa shape index (κ2) is 6.51. The van der Waals surface area contributed by atoms with E-state index in [-0.39, 0.29) is 5.91 Å². The summed E-state index contributed by atoms with van der Waals surface area (Å²) in [6, 6.07) is 10.3. The molecule has 3 aromatic rings. The molecular formula is C18H20N6O. The highest BCUT2D eigenvalue weighted by atomic mass is 16.2. The lowest BCUT2D eigenvalue weighted by Gasteiger charge is -2.28. The van der Waals surface area contributed by atoms with Crippen LogP contribution in [0.2, 0.25) is 0 Å². The first-order valence-corrected chi connectivity index (χ1v) is 8.45. The Hall–Kier alpha value is -2.96. The molecule has 7 nitrogen and oxygen atoms in total. The summed E-state index contributed by atoms with van der Waals surface area (Å²) in [5.74, 6) is 1.60. The van der Waals surface area contributed by atoms with Gasteiger partial charge >= 0.3 is 0 Å². The molecule has 1 N–H and O–H groups in total. The summed E-state index contributed by atoms with van der Waals surface area (Å²) < 4.78 is 1.76. The Morgan fingerprint density at radius 1 is 1.16 bits per heavy atom. The maximum Gasteiger partial charge on any atom is 0.239 e. The van der Waals surface area contributed by atoms with Crippen molar-refractivity contribution in [3.63, 3.8) is 0 Å². The fourth-order valence-electron chi connectivity index (χ4n) is 3.12. The molecule has 25 heavy (non-hydrogen) atoms. The quantitative estimate of drug-likeness (QED) is 0.772. The van der Waals surface area contributed by atoms with Gasteiger partial charge in [-0.05, 0) is 12.0 Å². The zero-order chi connectivity index (χ0) is 17.2. The van der Waals surface area contributed by atoms with Crippen molar-refractivity contribution in [2.75, 3.05) is 24.5 Å². The predicted molar refractivity (Wildman–Crippen MR) is 95.4 cm³/mol. The van der Waals surface area contributed by atoms with E-state index in [4.69, 9.17) is 4.98 Å². The zero-order valence-corrected chi connectivity index (χ0v) is 14.1. The minimum Gasteiger partial charge on any atom is -0.353 e. The van der Waals surface area contributed by atoms with Crippen molar-refractivity contribution in [3.8, 4) is 0 Å². The number of hydrogen-bond acceptors (Lipinski definition) is 5. The molecule has 0 atom stereocenters. The first-order valence-electron chi connectivity index (χ1n) is 8.45. The molecule has 0 bridgehead atoms. The number of fused-ring (bicyclic) bond motifs is 1. The Morgan fingerprint density at radius 2 is 2.00 bits per heavy atom. The molecule has 2 aromatic heterocycles. The topological polar surface area (TPSA) is 75.9 Å². The van der Waals surface area contributed by atoms with Crippen LogP contribution in [0.25, 0.3) is 11.0 Å². The van der Waals surface area contributed by atoms with Gasteiger partial charge in [0.2, 0.25) is 5.91 Å². The zero-order valence-electron chi connectivity index (χ0n) is 14.1. The number of nitrogens with zero attached hydrogens (tertiary/aromatic N) is 5. The summed E-state index contributed by atoms with van der Waals surface area (Å²) in [4.78, 5) is 23.2. The summed E-state index contributed by atoms with van der Waals surface area (Å²) in [6.45, 7) is 1.69. The van der Waals surface area contributed by atoms with Crippen molar-refractivity contribution in [1.29, 1.82) is 0 Å². The van der Waals surface area contributed by atoms with E-state index in [2.05, 4.69) is 27.5 Å².